The molecule has 2 aromatic rings. The van der Waals surface area contributed by atoms with Crippen molar-refractivity contribution < 1.29 is 0 Å². The predicted octanol–water partition coefficient (Wildman–Crippen LogP) is 3.47. The summed E-state index contributed by atoms with van der Waals surface area (Å²) in [6.07, 6.45) is 10.8. The molecule has 1 heterocycles. The van der Waals surface area contributed by atoms with E-state index in [0.717, 1.165) is 24.7 Å². The van der Waals surface area contributed by atoms with Crippen LogP contribution in [0.25, 0.3) is 5.69 Å². The van der Waals surface area contributed by atoms with E-state index in [1.54, 1.807) is 0 Å². The summed E-state index contributed by atoms with van der Waals surface area (Å²) in [7, 11) is 4.44. The van der Waals surface area contributed by atoms with Crippen LogP contribution >= 0.6 is 0 Å². The Hall–Kier alpha value is -1.65. The summed E-state index contributed by atoms with van der Waals surface area (Å²) < 4.78 is 1.89. The molecule has 1 aliphatic carbocycles. The zero-order chi connectivity index (χ0) is 16.8. The molecular weight excluding hydrogens is 296 g/mol. The van der Waals surface area contributed by atoms with Gasteiger partial charge in [-0.2, -0.15) is 5.10 Å². The lowest BCUT2D eigenvalue weighted by Gasteiger charge is -2.35. The summed E-state index contributed by atoms with van der Waals surface area (Å²) in [5.41, 5.74) is 2.43. The Morgan fingerprint density at radius 1 is 1.17 bits per heavy atom. The molecule has 3 rings (SSSR count). The molecule has 4 nitrogen and oxygen atoms in total. The van der Waals surface area contributed by atoms with Crippen LogP contribution in [0.2, 0.25) is 0 Å². The van der Waals surface area contributed by atoms with Gasteiger partial charge in [0.2, 0.25) is 0 Å². The molecule has 1 aliphatic rings. The maximum atomic E-state index is 4.27. The number of hydrogen-bond donors (Lipinski definition) is 1. The van der Waals surface area contributed by atoms with E-state index in [-0.39, 0.29) is 0 Å². The normalized spacial score (nSPS) is 17.3. The van der Waals surface area contributed by atoms with Crippen molar-refractivity contribution in [2.24, 2.45) is 5.92 Å². The van der Waals surface area contributed by atoms with Crippen molar-refractivity contribution in [1.29, 1.82) is 0 Å². The van der Waals surface area contributed by atoms with Gasteiger partial charge in [0.15, 0.2) is 0 Å². The highest BCUT2D eigenvalue weighted by Crippen LogP contribution is 2.28. The van der Waals surface area contributed by atoms with E-state index in [0.29, 0.717) is 6.04 Å². The fourth-order valence-corrected chi connectivity index (χ4v) is 3.84. The SMILES string of the molecule is CN(C)C(CNCc1ccc(-n2cccn2)cc1)C1CCCCC1. The second kappa shape index (κ2) is 8.45. The molecule has 1 saturated carbocycles. The highest BCUT2D eigenvalue weighted by atomic mass is 15.3. The van der Waals surface area contributed by atoms with Gasteiger partial charge in [0.25, 0.3) is 0 Å². The van der Waals surface area contributed by atoms with Crippen LogP contribution in [0.15, 0.2) is 42.7 Å². The molecule has 0 aliphatic heterocycles. The predicted molar refractivity (Wildman–Crippen MR) is 99.3 cm³/mol. The number of hydrogen-bond acceptors (Lipinski definition) is 3. The standard InChI is InChI=1S/C20H30N4/c1-23(2)20(18-7-4-3-5-8-18)16-21-15-17-9-11-19(12-10-17)24-14-6-13-22-24/h6,9-14,18,20-21H,3-5,7-8,15-16H2,1-2H3. The molecule has 130 valence electrons. The van der Waals surface area contributed by atoms with Gasteiger partial charge in [-0.3, -0.25) is 0 Å². The van der Waals surface area contributed by atoms with Crippen LogP contribution in [-0.2, 0) is 6.54 Å². The summed E-state index contributed by atoms with van der Waals surface area (Å²) in [5.74, 6) is 0.850. The van der Waals surface area contributed by atoms with E-state index in [1.807, 2.05) is 23.1 Å². The Bertz CT molecular complexity index is 583. The smallest absolute Gasteiger partial charge is 0.0645 e. The van der Waals surface area contributed by atoms with Gasteiger partial charge in [-0.1, -0.05) is 31.4 Å². The number of likely N-dealkylation sites (N-methyl/N-ethyl adjacent to an activating group) is 1. The van der Waals surface area contributed by atoms with Crippen LogP contribution in [0.1, 0.15) is 37.7 Å². The lowest BCUT2D eigenvalue weighted by molar-refractivity contribution is 0.166. The van der Waals surface area contributed by atoms with Crippen LogP contribution in [0, 0.1) is 5.92 Å². The first-order valence-electron chi connectivity index (χ1n) is 9.20. The second-order valence-electron chi connectivity index (χ2n) is 7.18. The molecule has 0 bridgehead atoms. The zero-order valence-corrected chi connectivity index (χ0v) is 15.0. The van der Waals surface area contributed by atoms with Crippen LogP contribution in [0.5, 0.6) is 0 Å². The maximum Gasteiger partial charge on any atom is 0.0645 e. The number of nitrogens with one attached hydrogen (secondary N) is 1. The van der Waals surface area contributed by atoms with E-state index in [2.05, 4.69) is 53.7 Å². The molecule has 1 atom stereocenters. The first-order valence-corrected chi connectivity index (χ1v) is 9.20. The van der Waals surface area contributed by atoms with Gasteiger partial charge >= 0.3 is 0 Å². The van der Waals surface area contributed by atoms with Crippen molar-refractivity contribution in [3.8, 4) is 5.69 Å². The zero-order valence-electron chi connectivity index (χ0n) is 15.0. The largest absolute Gasteiger partial charge is 0.311 e. The summed E-state index contributed by atoms with van der Waals surface area (Å²) in [4.78, 5) is 2.41. The minimum Gasteiger partial charge on any atom is -0.311 e. The average molecular weight is 326 g/mol. The molecule has 1 unspecified atom stereocenters. The molecule has 24 heavy (non-hydrogen) atoms. The average Bonchev–Trinajstić information content (AvgIpc) is 3.14. The minimum atomic E-state index is 0.647. The molecule has 1 aromatic carbocycles. The van der Waals surface area contributed by atoms with Gasteiger partial charge in [-0.25, -0.2) is 4.68 Å². The van der Waals surface area contributed by atoms with Gasteiger partial charge in [0, 0.05) is 31.5 Å². The Morgan fingerprint density at radius 3 is 2.54 bits per heavy atom. The highest BCUT2D eigenvalue weighted by molar-refractivity contribution is 5.33. The lowest BCUT2D eigenvalue weighted by Crippen LogP contribution is -2.43. The Balaban J connectivity index is 1.51. The van der Waals surface area contributed by atoms with E-state index >= 15 is 0 Å². The lowest BCUT2D eigenvalue weighted by atomic mass is 9.83. The van der Waals surface area contributed by atoms with Crippen LogP contribution in [0.3, 0.4) is 0 Å². The molecule has 1 N–H and O–H groups in total. The van der Waals surface area contributed by atoms with Crippen LogP contribution < -0.4 is 5.32 Å². The quantitative estimate of drug-likeness (QED) is 0.846. The van der Waals surface area contributed by atoms with Gasteiger partial charge in [-0.15, -0.1) is 0 Å². The van der Waals surface area contributed by atoms with Crippen molar-refractivity contribution in [1.82, 2.24) is 20.0 Å². The van der Waals surface area contributed by atoms with E-state index in [4.69, 9.17) is 0 Å². The number of benzene rings is 1. The molecular formula is C20H30N4. The minimum absolute atomic E-state index is 0.647. The number of nitrogens with zero attached hydrogens (tertiary/aromatic N) is 3. The van der Waals surface area contributed by atoms with Gasteiger partial charge in [0.1, 0.15) is 0 Å². The molecule has 1 fully saturated rings. The van der Waals surface area contributed by atoms with Gasteiger partial charge in [0.05, 0.1) is 5.69 Å². The van der Waals surface area contributed by atoms with Crippen LogP contribution in [-0.4, -0.2) is 41.4 Å². The molecule has 0 radical (unpaired) electrons. The van der Waals surface area contributed by atoms with Crippen molar-refractivity contribution >= 4 is 0 Å². The third-order valence-electron chi connectivity index (χ3n) is 5.25. The molecule has 1 aromatic heterocycles. The fourth-order valence-electron chi connectivity index (χ4n) is 3.84. The van der Waals surface area contributed by atoms with Crippen LogP contribution in [0.4, 0.5) is 0 Å². The van der Waals surface area contributed by atoms with Crippen molar-refractivity contribution in [3.63, 3.8) is 0 Å². The Morgan fingerprint density at radius 2 is 1.92 bits per heavy atom. The fraction of sp³-hybridized carbons (Fsp3) is 0.550. The van der Waals surface area contributed by atoms with E-state index in [9.17, 15) is 0 Å². The first-order chi connectivity index (χ1) is 11.7. The monoisotopic (exact) mass is 326 g/mol. The highest BCUT2D eigenvalue weighted by Gasteiger charge is 2.24. The third kappa shape index (κ3) is 4.46. The molecule has 4 heteroatoms. The summed E-state index contributed by atoms with van der Waals surface area (Å²) >= 11 is 0. The van der Waals surface area contributed by atoms with Gasteiger partial charge in [-0.05, 0) is 56.6 Å². The third-order valence-corrected chi connectivity index (χ3v) is 5.25. The maximum absolute atomic E-state index is 4.27. The van der Waals surface area contributed by atoms with E-state index < -0.39 is 0 Å². The topological polar surface area (TPSA) is 33.1 Å². The summed E-state index contributed by atoms with van der Waals surface area (Å²) in [6.45, 7) is 2.00. The molecule has 0 saturated heterocycles. The number of rotatable bonds is 7. The summed E-state index contributed by atoms with van der Waals surface area (Å²) in [5, 5.41) is 7.94. The molecule has 0 amide bonds. The second-order valence-corrected chi connectivity index (χ2v) is 7.18. The number of aromatic nitrogens is 2. The van der Waals surface area contributed by atoms with Crippen molar-refractivity contribution in [3.05, 3.63) is 48.3 Å². The van der Waals surface area contributed by atoms with Crippen molar-refractivity contribution in [2.45, 2.75) is 44.7 Å². The summed E-state index contributed by atoms with van der Waals surface area (Å²) in [6, 6.07) is 11.2. The van der Waals surface area contributed by atoms with Crippen molar-refractivity contribution in [2.75, 3.05) is 20.6 Å². The Kier molecular flexibility index (Phi) is 6.05. The van der Waals surface area contributed by atoms with Gasteiger partial charge < -0.3 is 10.2 Å². The Labute approximate surface area is 145 Å². The first kappa shape index (κ1) is 17.2. The van der Waals surface area contributed by atoms with E-state index in [1.165, 1.54) is 37.7 Å². The molecule has 0 spiro atoms.